The Hall–Kier alpha value is -1.86. The van der Waals surface area contributed by atoms with Crippen molar-refractivity contribution in [3.8, 4) is 0 Å². The van der Waals surface area contributed by atoms with Crippen molar-refractivity contribution >= 4 is 11.8 Å². The first-order chi connectivity index (χ1) is 8.36. The van der Waals surface area contributed by atoms with Gasteiger partial charge in [-0.3, -0.25) is 0 Å². The van der Waals surface area contributed by atoms with E-state index in [9.17, 15) is 22.4 Å². The Bertz CT molecular complexity index is 426. The summed E-state index contributed by atoms with van der Waals surface area (Å²) in [5, 5.41) is 2.04. The lowest BCUT2D eigenvalue weighted by atomic mass is 10.2. The van der Waals surface area contributed by atoms with E-state index < -0.39 is 24.9 Å². The topological polar surface area (TPSA) is 51.2 Å². The summed E-state index contributed by atoms with van der Waals surface area (Å²) in [6.45, 7) is -1.28. The smallest absolute Gasteiger partial charge is 0.338 e. The van der Waals surface area contributed by atoms with Crippen molar-refractivity contribution in [2.45, 2.75) is 12.3 Å². The summed E-state index contributed by atoms with van der Waals surface area (Å²) in [6, 6.07) is 2.44. The number of methoxy groups -OCH3 is 1. The number of rotatable bonds is 5. The van der Waals surface area contributed by atoms with E-state index in [1.54, 1.807) is 0 Å². The highest BCUT2D eigenvalue weighted by atomic mass is 19.3. The van der Waals surface area contributed by atoms with Crippen LogP contribution in [0, 0.1) is 0 Å². The third kappa shape index (κ3) is 3.57. The zero-order valence-electron chi connectivity index (χ0n) is 9.29. The molecule has 8 heteroatoms. The minimum absolute atomic E-state index is 0.0790. The van der Waals surface area contributed by atoms with Crippen molar-refractivity contribution in [3.05, 3.63) is 23.9 Å². The Morgan fingerprint density at radius 2 is 2.22 bits per heavy atom. The summed E-state index contributed by atoms with van der Waals surface area (Å²) in [5.74, 6) is -4.96. The van der Waals surface area contributed by atoms with Gasteiger partial charge in [-0.2, -0.15) is 8.78 Å². The minimum Gasteiger partial charge on any atom is -0.465 e. The van der Waals surface area contributed by atoms with Crippen molar-refractivity contribution in [3.63, 3.8) is 0 Å². The molecule has 0 amide bonds. The second kappa shape index (κ2) is 5.65. The van der Waals surface area contributed by atoms with Crippen molar-refractivity contribution < 1.29 is 27.1 Å². The Balaban J connectivity index is 2.72. The van der Waals surface area contributed by atoms with Crippen molar-refractivity contribution in [2.75, 3.05) is 19.0 Å². The fourth-order valence-electron chi connectivity index (χ4n) is 1.06. The fourth-order valence-corrected chi connectivity index (χ4v) is 1.06. The van der Waals surface area contributed by atoms with E-state index in [1.807, 2.05) is 5.32 Å². The molecular formula is C10H10F4N2O2. The molecule has 0 radical (unpaired) electrons. The van der Waals surface area contributed by atoms with Crippen molar-refractivity contribution in [1.82, 2.24) is 4.98 Å². The molecule has 0 saturated heterocycles. The lowest BCUT2D eigenvalue weighted by molar-refractivity contribution is -0.117. The number of pyridine rings is 1. The van der Waals surface area contributed by atoms with Crippen molar-refractivity contribution in [1.29, 1.82) is 0 Å². The van der Waals surface area contributed by atoms with Gasteiger partial charge in [0, 0.05) is 6.20 Å². The molecule has 0 unspecified atom stereocenters. The summed E-state index contributed by atoms with van der Waals surface area (Å²) in [4.78, 5) is 14.8. The van der Waals surface area contributed by atoms with Gasteiger partial charge in [0.25, 0.3) is 0 Å². The van der Waals surface area contributed by atoms with Gasteiger partial charge in [0.05, 0.1) is 19.2 Å². The molecule has 0 aliphatic carbocycles. The normalized spacial score (nSPS) is 11.4. The predicted octanol–water partition coefficient (Wildman–Crippen LogP) is 2.18. The SMILES string of the molecule is COC(=O)c1ccnc(NCC(F)(F)C(F)F)c1. The summed E-state index contributed by atoms with van der Waals surface area (Å²) >= 11 is 0. The number of carbonyl (C=O) groups excluding carboxylic acids is 1. The average molecular weight is 266 g/mol. The summed E-state index contributed by atoms with van der Waals surface area (Å²) in [5.41, 5.74) is 0.0790. The highest BCUT2D eigenvalue weighted by Gasteiger charge is 2.40. The molecule has 4 nitrogen and oxygen atoms in total. The van der Waals surface area contributed by atoms with E-state index in [-0.39, 0.29) is 11.4 Å². The highest BCUT2D eigenvalue weighted by molar-refractivity contribution is 5.89. The average Bonchev–Trinajstić information content (AvgIpc) is 2.35. The Morgan fingerprint density at radius 3 is 2.78 bits per heavy atom. The lowest BCUT2D eigenvalue weighted by Crippen LogP contribution is -2.35. The number of nitrogens with one attached hydrogen (secondary N) is 1. The van der Waals surface area contributed by atoms with Gasteiger partial charge in [0.1, 0.15) is 5.82 Å². The predicted molar refractivity (Wildman–Crippen MR) is 55.0 cm³/mol. The van der Waals surface area contributed by atoms with Crippen LogP contribution >= 0.6 is 0 Å². The number of aromatic nitrogens is 1. The molecule has 0 aliphatic heterocycles. The number of nitrogens with zero attached hydrogens (tertiary/aromatic N) is 1. The lowest BCUT2D eigenvalue weighted by Gasteiger charge is -2.16. The first kappa shape index (κ1) is 14.2. The van der Waals surface area contributed by atoms with Crippen LogP contribution in [-0.4, -0.2) is 37.0 Å². The maximum atomic E-state index is 12.6. The number of anilines is 1. The molecule has 1 aromatic heterocycles. The molecule has 100 valence electrons. The molecule has 1 N–H and O–H groups in total. The largest absolute Gasteiger partial charge is 0.465 e. The van der Waals surface area contributed by atoms with Gasteiger partial charge in [-0.1, -0.05) is 0 Å². The van der Waals surface area contributed by atoms with Crippen LogP contribution in [0.4, 0.5) is 23.4 Å². The summed E-state index contributed by atoms with van der Waals surface area (Å²) in [6.07, 6.45) is -2.59. The van der Waals surface area contributed by atoms with Crippen LogP contribution in [0.1, 0.15) is 10.4 Å². The summed E-state index contributed by atoms with van der Waals surface area (Å²) < 4.78 is 53.4. The van der Waals surface area contributed by atoms with Crippen LogP contribution in [0.2, 0.25) is 0 Å². The number of carbonyl (C=O) groups is 1. The molecular weight excluding hydrogens is 256 g/mol. The second-order valence-electron chi connectivity index (χ2n) is 3.34. The molecule has 0 spiro atoms. The number of ether oxygens (including phenoxy) is 1. The molecule has 0 fully saturated rings. The van der Waals surface area contributed by atoms with Crippen LogP contribution in [0.25, 0.3) is 0 Å². The van der Waals surface area contributed by atoms with Gasteiger partial charge in [0.2, 0.25) is 0 Å². The van der Waals surface area contributed by atoms with Crippen LogP contribution in [0.15, 0.2) is 18.3 Å². The number of halogens is 4. The molecule has 1 rings (SSSR count). The van der Waals surface area contributed by atoms with Gasteiger partial charge < -0.3 is 10.1 Å². The van der Waals surface area contributed by atoms with Crippen LogP contribution in [-0.2, 0) is 4.74 Å². The van der Waals surface area contributed by atoms with Gasteiger partial charge in [-0.25, -0.2) is 18.6 Å². The molecule has 1 heterocycles. The first-order valence-corrected chi connectivity index (χ1v) is 4.81. The quantitative estimate of drug-likeness (QED) is 0.655. The van der Waals surface area contributed by atoms with E-state index in [1.165, 1.54) is 12.3 Å². The van der Waals surface area contributed by atoms with Gasteiger partial charge in [-0.15, -0.1) is 0 Å². The third-order valence-corrected chi connectivity index (χ3v) is 2.01. The zero-order chi connectivity index (χ0) is 13.8. The van der Waals surface area contributed by atoms with Crippen LogP contribution in [0.5, 0.6) is 0 Å². The van der Waals surface area contributed by atoms with Gasteiger partial charge >= 0.3 is 18.3 Å². The number of hydrogen-bond donors (Lipinski definition) is 1. The number of alkyl halides is 4. The summed E-state index contributed by atoms with van der Waals surface area (Å²) in [7, 11) is 1.15. The zero-order valence-corrected chi connectivity index (χ0v) is 9.29. The number of hydrogen-bond acceptors (Lipinski definition) is 4. The molecule has 0 aliphatic rings. The molecule has 0 bridgehead atoms. The third-order valence-electron chi connectivity index (χ3n) is 2.01. The molecule has 0 aromatic carbocycles. The van der Waals surface area contributed by atoms with E-state index in [0.29, 0.717) is 0 Å². The van der Waals surface area contributed by atoms with Crippen molar-refractivity contribution in [2.24, 2.45) is 0 Å². The second-order valence-corrected chi connectivity index (χ2v) is 3.34. The van der Waals surface area contributed by atoms with E-state index >= 15 is 0 Å². The van der Waals surface area contributed by atoms with E-state index in [4.69, 9.17) is 0 Å². The van der Waals surface area contributed by atoms with Crippen LogP contribution < -0.4 is 5.32 Å². The maximum absolute atomic E-state index is 12.6. The van der Waals surface area contributed by atoms with Gasteiger partial charge in [0.15, 0.2) is 0 Å². The molecule has 0 saturated carbocycles. The van der Waals surface area contributed by atoms with E-state index in [2.05, 4.69) is 9.72 Å². The van der Waals surface area contributed by atoms with Gasteiger partial charge in [-0.05, 0) is 12.1 Å². The molecule has 1 aromatic rings. The first-order valence-electron chi connectivity index (χ1n) is 4.81. The molecule has 18 heavy (non-hydrogen) atoms. The van der Waals surface area contributed by atoms with E-state index in [0.717, 1.165) is 13.2 Å². The monoisotopic (exact) mass is 266 g/mol. The maximum Gasteiger partial charge on any atom is 0.338 e. The van der Waals surface area contributed by atoms with Crippen LogP contribution in [0.3, 0.4) is 0 Å². The minimum atomic E-state index is -4.16. The Morgan fingerprint density at radius 1 is 1.56 bits per heavy atom. The fraction of sp³-hybridized carbons (Fsp3) is 0.400. The standard InChI is InChI=1S/C10H10F4N2O2/c1-18-8(17)6-2-3-15-7(4-6)16-5-10(13,14)9(11)12/h2-4,9H,5H2,1H3,(H,15,16). The molecule has 0 atom stereocenters. The highest BCUT2D eigenvalue weighted by Crippen LogP contribution is 2.23. The Kier molecular flexibility index (Phi) is 4.46. The number of esters is 1. The Labute approximate surface area is 100.0 Å².